The Morgan fingerprint density at radius 1 is 1.47 bits per heavy atom. The average Bonchev–Trinajstić information content (AvgIpc) is 2.63. The maximum atomic E-state index is 12.3. The first-order chi connectivity index (χ1) is 8.75. The van der Waals surface area contributed by atoms with Gasteiger partial charge >= 0.3 is 5.97 Å². The Balaban J connectivity index is 2.03. The van der Waals surface area contributed by atoms with Crippen molar-refractivity contribution in [2.45, 2.75) is 20.4 Å². The lowest BCUT2D eigenvalue weighted by Crippen LogP contribution is -2.29. The number of rotatable bonds is 4. The molecule has 1 aliphatic rings. The number of carbonyl (C=O) groups is 2. The summed E-state index contributed by atoms with van der Waals surface area (Å²) in [5, 5.41) is 11.1. The zero-order valence-corrected chi connectivity index (χ0v) is 13.4. The molecule has 0 saturated heterocycles. The number of carboxylic acids is 1. The van der Waals surface area contributed by atoms with Gasteiger partial charge in [-0.25, -0.2) is 0 Å². The first kappa shape index (κ1) is 14.5. The molecule has 1 aliphatic carbocycles. The van der Waals surface area contributed by atoms with Crippen molar-refractivity contribution in [1.82, 2.24) is 4.90 Å². The molecule has 0 bridgehead atoms. The zero-order chi connectivity index (χ0) is 14.4. The number of amides is 1. The Morgan fingerprint density at radius 2 is 2.11 bits per heavy atom. The van der Waals surface area contributed by atoms with E-state index in [0.29, 0.717) is 6.54 Å². The minimum atomic E-state index is -0.879. The SMILES string of the molecule is CN(Cc1cc(Br)cs1)C(=O)[C@H]1[C@@H](C(=O)O)C1(C)C. The van der Waals surface area contributed by atoms with Crippen LogP contribution in [-0.2, 0) is 16.1 Å². The Labute approximate surface area is 124 Å². The minimum absolute atomic E-state index is 0.0816. The topological polar surface area (TPSA) is 57.6 Å². The van der Waals surface area contributed by atoms with E-state index in [2.05, 4.69) is 15.9 Å². The molecule has 104 valence electrons. The number of carboxylic acid groups (broad SMARTS) is 1. The highest BCUT2D eigenvalue weighted by Gasteiger charge is 2.66. The molecule has 1 heterocycles. The van der Waals surface area contributed by atoms with Crippen LogP contribution in [0.5, 0.6) is 0 Å². The third-order valence-corrected chi connectivity index (χ3v) is 5.43. The van der Waals surface area contributed by atoms with E-state index in [4.69, 9.17) is 5.11 Å². The molecular weight excluding hydrogens is 330 g/mol. The Morgan fingerprint density at radius 3 is 2.53 bits per heavy atom. The van der Waals surface area contributed by atoms with E-state index < -0.39 is 23.2 Å². The summed E-state index contributed by atoms with van der Waals surface area (Å²) >= 11 is 4.95. The number of nitrogens with zero attached hydrogens (tertiary/aromatic N) is 1. The predicted molar refractivity (Wildman–Crippen MR) is 76.9 cm³/mol. The summed E-state index contributed by atoms with van der Waals surface area (Å²) < 4.78 is 1.00. The van der Waals surface area contributed by atoms with Gasteiger partial charge in [0.25, 0.3) is 0 Å². The fourth-order valence-electron chi connectivity index (χ4n) is 2.55. The van der Waals surface area contributed by atoms with Crippen molar-refractivity contribution in [2.75, 3.05) is 7.05 Å². The molecular formula is C13H16BrNO3S. The van der Waals surface area contributed by atoms with Crippen LogP contribution in [-0.4, -0.2) is 28.9 Å². The summed E-state index contributed by atoms with van der Waals surface area (Å²) in [5.74, 6) is -1.92. The van der Waals surface area contributed by atoms with Gasteiger partial charge in [0.15, 0.2) is 0 Å². The van der Waals surface area contributed by atoms with Gasteiger partial charge in [0, 0.05) is 21.8 Å². The van der Waals surface area contributed by atoms with Gasteiger partial charge in [-0.3, -0.25) is 9.59 Å². The van der Waals surface area contributed by atoms with E-state index in [-0.39, 0.29) is 5.91 Å². The monoisotopic (exact) mass is 345 g/mol. The molecule has 0 aliphatic heterocycles. The second-order valence-corrected chi connectivity index (χ2v) is 7.45. The molecule has 6 heteroatoms. The number of hydrogen-bond donors (Lipinski definition) is 1. The van der Waals surface area contributed by atoms with Crippen LogP contribution in [0.1, 0.15) is 18.7 Å². The van der Waals surface area contributed by atoms with Gasteiger partial charge in [-0.1, -0.05) is 13.8 Å². The lowest BCUT2D eigenvalue weighted by molar-refractivity contribution is -0.141. The van der Waals surface area contributed by atoms with Gasteiger partial charge in [-0.05, 0) is 27.4 Å². The third-order valence-electron chi connectivity index (χ3n) is 3.75. The summed E-state index contributed by atoms with van der Waals surface area (Å²) in [5.41, 5.74) is -0.437. The lowest BCUT2D eigenvalue weighted by Gasteiger charge is -2.17. The summed E-state index contributed by atoms with van der Waals surface area (Å²) in [6, 6.07) is 1.97. The number of thiophene rings is 1. The molecule has 19 heavy (non-hydrogen) atoms. The van der Waals surface area contributed by atoms with Crippen molar-refractivity contribution in [3.8, 4) is 0 Å². The molecule has 0 aromatic carbocycles. The quantitative estimate of drug-likeness (QED) is 0.912. The number of carbonyl (C=O) groups excluding carboxylic acids is 1. The predicted octanol–water partition coefficient (Wildman–Crippen LogP) is 2.83. The van der Waals surface area contributed by atoms with Gasteiger partial charge < -0.3 is 10.0 Å². The molecule has 2 rings (SSSR count). The van der Waals surface area contributed by atoms with E-state index in [1.165, 1.54) is 0 Å². The van der Waals surface area contributed by atoms with Crippen molar-refractivity contribution < 1.29 is 14.7 Å². The van der Waals surface area contributed by atoms with E-state index >= 15 is 0 Å². The van der Waals surface area contributed by atoms with E-state index in [1.807, 2.05) is 25.3 Å². The second kappa shape index (κ2) is 4.90. The Hall–Kier alpha value is -0.880. The van der Waals surface area contributed by atoms with E-state index in [9.17, 15) is 9.59 Å². The minimum Gasteiger partial charge on any atom is -0.481 e. The van der Waals surface area contributed by atoms with Gasteiger partial charge in [0.1, 0.15) is 0 Å². The molecule has 1 saturated carbocycles. The standard InChI is InChI=1S/C13H16BrNO3S/c1-13(2)9(10(13)12(17)18)11(16)15(3)5-8-4-7(14)6-19-8/h4,6,9-10H,5H2,1-3H3,(H,17,18)/t9-,10+/m1/s1. The van der Waals surface area contributed by atoms with Crippen molar-refractivity contribution in [2.24, 2.45) is 17.3 Å². The van der Waals surface area contributed by atoms with Crippen LogP contribution in [0.25, 0.3) is 0 Å². The van der Waals surface area contributed by atoms with Crippen molar-refractivity contribution in [3.63, 3.8) is 0 Å². The van der Waals surface area contributed by atoms with Crippen molar-refractivity contribution in [3.05, 3.63) is 20.8 Å². The average molecular weight is 346 g/mol. The van der Waals surface area contributed by atoms with Crippen LogP contribution in [0.4, 0.5) is 0 Å². The molecule has 0 unspecified atom stereocenters. The normalized spacial score (nSPS) is 24.0. The Bertz CT molecular complexity index is 526. The van der Waals surface area contributed by atoms with Crippen molar-refractivity contribution in [1.29, 1.82) is 0 Å². The van der Waals surface area contributed by atoms with Gasteiger partial charge in [0.05, 0.1) is 18.4 Å². The molecule has 1 N–H and O–H groups in total. The zero-order valence-electron chi connectivity index (χ0n) is 11.0. The van der Waals surface area contributed by atoms with Crippen LogP contribution in [0.3, 0.4) is 0 Å². The van der Waals surface area contributed by atoms with E-state index in [0.717, 1.165) is 9.35 Å². The number of hydrogen-bond acceptors (Lipinski definition) is 3. The number of aliphatic carboxylic acids is 1. The van der Waals surface area contributed by atoms with Crippen LogP contribution in [0.15, 0.2) is 15.9 Å². The fraction of sp³-hybridized carbons (Fsp3) is 0.538. The van der Waals surface area contributed by atoms with Gasteiger partial charge in [-0.15, -0.1) is 11.3 Å². The maximum absolute atomic E-state index is 12.3. The third kappa shape index (κ3) is 2.69. The van der Waals surface area contributed by atoms with Crippen LogP contribution in [0, 0.1) is 17.3 Å². The summed E-state index contributed by atoms with van der Waals surface area (Å²) in [4.78, 5) is 26.1. The molecule has 1 aromatic rings. The summed E-state index contributed by atoms with van der Waals surface area (Å²) in [7, 11) is 1.73. The number of halogens is 1. The first-order valence-electron chi connectivity index (χ1n) is 5.96. The van der Waals surface area contributed by atoms with Crippen LogP contribution in [0.2, 0.25) is 0 Å². The molecule has 4 nitrogen and oxygen atoms in total. The van der Waals surface area contributed by atoms with Crippen molar-refractivity contribution >= 4 is 39.1 Å². The first-order valence-corrected chi connectivity index (χ1v) is 7.63. The molecule has 1 aromatic heterocycles. The van der Waals surface area contributed by atoms with Crippen LogP contribution >= 0.6 is 27.3 Å². The van der Waals surface area contributed by atoms with Gasteiger partial charge in [-0.2, -0.15) is 0 Å². The second-order valence-electron chi connectivity index (χ2n) is 5.54. The Kier molecular flexibility index (Phi) is 3.75. The fourth-order valence-corrected chi connectivity index (χ4v) is 4.05. The molecule has 2 atom stereocenters. The maximum Gasteiger partial charge on any atom is 0.307 e. The van der Waals surface area contributed by atoms with Crippen LogP contribution < -0.4 is 0 Å². The van der Waals surface area contributed by atoms with Gasteiger partial charge in [0.2, 0.25) is 5.91 Å². The summed E-state index contributed by atoms with van der Waals surface area (Å²) in [6.07, 6.45) is 0. The highest BCUT2D eigenvalue weighted by molar-refractivity contribution is 9.10. The highest BCUT2D eigenvalue weighted by Crippen LogP contribution is 2.59. The highest BCUT2D eigenvalue weighted by atomic mass is 79.9. The largest absolute Gasteiger partial charge is 0.481 e. The summed E-state index contributed by atoms with van der Waals surface area (Å²) in [6.45, 7) is 4.20. The molecule has 0 radical (unpaired) electrons. The lowest BCUT2D eigenvalue weighted by atomic mass is 10.1. The van der Waals surface area contributed by atoms with E-state index in [1.54, 1.807) is 23.3 Å². The molecule has 1 amide bonds. The smallest absolute Gasteiger partial charge is 0.307 e. The molecule has 0 spiro atoms. The molecule has 1 fully saturated rings.